The van der Waals surface area contributed by atoms with Crippen molar-refractivity contribution in [3.8, 4) is 0 Å². The van der Waals surface area contributed by atoms with E-state index in [1.165, 1.54) is 40.4 Å². The summed E-state index contributed by atoms with van der Waals surface area (Å²) in [5, 5.41) is 0.803. The van der Waals surface area contributed by atoms with Crippen molar-refractivity contribution in [3.05, 3.63) is 47.5 Å². The van der Waals surface area contributed by atoms with Crippen LogP contribution in [0.15, 0.2) is 52.3 Å². The molecule has 0 aliphatic carbocycles. The average Bonchev–Trinajstić information content (AvgIpc) is 2.65. The van der Waals surface area contributed by atoms with Crippen molar-refractivity contribution in [1.82, 2.24) is 4.90 Å². The number of hydrogen-bond donors (Lipinski definition) is 2. The minimum Gasteiger partial charge on any atom is -0.338 e. The summed E-state index contributed by atoms with van der Waals surface area (Å²) >= 11 is 8.20. The van der Waals surface area contributed by atoms with Gasteiger partial charge in [-0.25, -0.2) is 0 Å². The number of likely N-dealkylation sites (tertiary alicyclic amines) is 1. The molecule has 0 radical (unpaired) electrons. The zero-order valence-electron chi connectivity index (χ0n) is 18.9. The zero-order chi connectivity index (χ0) is 23.7. The average molecular weight is 499 g/mol. The van der Waals surface area contributed by atoms with Crippen LogP contribution in [0.25, 0.3) is 0 Å². The van der Waals surface area contributed by atoms with Gasteiger partial charge in [-0.3, -0.25) is 14.0 Å². The largest absolute Gasteiger partial charge is 0.394 e. The van der Waals surface area contributed by atoms with Gasteiger partial charge < -0.3 is 4.90 Å². The highest BCUT2D eigenvalue weighted by Crippen LogP contribution is 2.49. The Balaban J connectivity index is 0.000000523. The highest BCUT2D eigenvalue weighted by atomic mass is 35.5. The minimum atomic E-state index is -4.67. The minimum absolute atomic E-state index is 0.239. The molecule has 6 nitrogen and oxygen atoms in total. The number of para-hydroxylation sites is 1. The van der Waals surface area contributed by atoms with Crippen molar-refractivity contribution < 1.29 is 17.5 Å². The lowest BCUT2D eigenvalue weighted by atomic mass is 9.80. The molecule has 2 aliphatic rings. The molecule has 2 aromatic rings. The monoisotopic (exact) mass is 498 g/mol. The van der Waals surface area contributed by atoms with Crippen LogP contribution < -0.4 is 4.90 Å². The van der Waals surface area contributed by atoms with Gasteiger partial charge >= 0.3 is 10.4 Å². The highest BCUT2D eigenvalue weighted by molar-refractivity contribution is 7.99. The van der Waals surface area contributed by atoms with Crippen LogP contribution in [0.4, 0.5) is 11.4 Å². The van der Waals surface area contributed by atoms with Gasteiger partial charge in [0.25, 0.3) is 0 Å². The molecule has 2 heterocycles. The Hall–Kier alpha value is -1.29. The molecule has 0 atom stereocenters. The zero-order valence-corrected chi connectivity index (χ0v) is 21.3. The van der Waals surface area contributed by atoms with Crippen molar-refractivity contribution in [1.29, 1.82) is 0 Å². The van der Waals surface area contributed by atoms with Crippen LogP contribution in [-0.2, 0) is 10.4 Å². The molecule has 2 aromatic carbocycles. The van der Waals surface area contributed by atoms with E-state index in [0.717, 1.165) is 18.1 Å². The predicted octanol–water partition coefficient (Wildman–Crippen LogP) is 6.33. The molecule has 0 spiro atoms. The van der Waals surface area contributed by atoms with Gasteiger partial charge in [0.2, 0.25) is 0 Å². The molecular weight excluding hydrogens is 468 g/mol. The first kappa shape index (κ1) is 25.3. The van der Waals surface area contributed by atoms with Crippen LogP contribution in [0.1, 0.15) is 47.0 Å². The summed E-state index contributed by atoms with van der Waals surface area (Å²) in [6.07, 6.45) is 3.86. The van der Waals surface area contributed by atoms with E-state index < -0.39 is 10.4 Å². The molecule has 9 heteroatoms. The third-order valence-corrected chi connectivity index (χ3v) is 7.54. The summed E-state index contributed by atoms with van der Waals surface area (Å²) in [6.45, 7) is 11.6. The first-order valence-corrected chi connectivity index (χ1v) is 13.2. The lowest BCUT2D eigenvalue weighted by Gasteiger charge is -2.53. The maximum absolute atomic E-state index is 8.74. The van der Waals surface area contributed by atoms with E-state index in [-0.39, 0.29) is 11.1 Å². The van der Waals surface area contributed by atoms with Gasteiger partial charge in [0.1, 0.15) is 0 Å². The van der Waals surface area contributed by atoms with Gasteiger partial charge in [-0.2, -0.15) is 8.42 Å². The smallest absolute Gasteiger partial charge is 0.338 e. The summed E-state index contributed by atoms with van der Waals surface area (Å²) in [5.41, 5.74) is 3.01. The van der Waals surface area contributed by atoms with E-state index in [1.54, 1.807) is 0 Å². The molecule has 4 rings (SSSR count). The van der Waals surface area contributed by atoms with Gasteiger partial charge in [-0.1, -0.05) is 35.5 Å². The SMILES string of the molecule is CC1(C)CCCC(C)(C)N1CCN1c2ccccc2Sc2ccc(Cl)cc21.O=S(=O)(O)O. The number of piperidine rings is 1. The van der Waals surface area contributed by atoms with Crippen LogP contribution in [-0.4, -0.2) is 46.6 Å². The number of rotatable bonds is 3. The van der Waals surface area contributed by atoms with Crippen molar-refractivity contribution in [2.75, 3.05) is 18.0 Å². The molecule has 0 saturated carbocycles. The number of hydrogen-bond acceptors (Lipinski definition) is 5. The molecule has 2 aliphatic heterocycles. The van der Waals surface area contributed by atoms with Gasteiger partial charge in [0, 0.05) is 39.0 Å². The maximum atomic E-state index is 8.74. The summed E-state index contributed by atoms with van der Waals surface area (Å²) in [4.78, 5) is 7.80. The topological polar surface area (TPSA) is 81.1 Å². The molecule has 1 saturated heterocycles. The normalized spacial score (nSPS) is 19.4. The van der Waals surface area contributed by atoms with Crippen molar-refractivity contribution >= 4 is 45.1 Å². The second-order valence-corrected chi connectivity index (χ2v) is 11.8. The number of nitrogens with zero attached hydrogens (tertiary/aromatic N) is 2. The standard InChI is InChI=1S/C23H29ClN2S.H2O4S/c1-22(2)12-7-13-23(3,4)26(22)15-14-25-18-8-5-6-9-20(18)27-21-11-10-17(24)16-19(21)25;1-5(2,3)4/h5-6,8-11,16H,7,12-15H2,1-4H3;(H2,1,2,3,4). The maximum Gasteiger partial charge on any atom is 0.394 e. The number of halogens is 1. The van der Waals surface area contributed by atoms with Crippen LogP contribution in [0, 0.1) is 0 Å². The van der Waals surface area contributed by atoms with E-state index in [4.69, 9.17) is 29.1 Å². The van der Waals surface area contributed by atoms with E-state index in [2.05, 4.69) is 73.9 Å². The first-order valence-electron chi connectivity index (χ1n) is 10.6. The Morgan fingerprint density at radius 3 is 2.12 bits per heavy atom. The summed E-state index contributed by atoms with van der Waals surface area (Å²) in [7, 11) is -4.67. The summed E-state index contributed by atoms with van der Waals surface area (Å²) < 4.78 is 31.6. The second-order valence-electron chi connectivity index (χ2n) is 9.41. The second kappa shape index (κ2) is 9.52. The summed E-state index contributed by atoms with van der Waals surface area (Å²) in [6, 6.07) is 15.0. The highest BCUT2D eigenvalue weighted by Gasteiger charge is 2.41. The van der Waals surface area contributed by atoms with Gasteiger partial charge in [-0.15, -0.1) is 0 Å². The Labute approximate surface area is 200 Å². The van der Waals surface area contributed by atoms with E-state index in [1.807, 2.05) is 17.8 Å². The van der Waals surface area contributed by atoms with Gasteiger partial charge in [0.15, 0.2) is 0 Å². The van der Waals surface area contributed by atoms with Crippen LogP contribution >= 0.6 is 23.4 Å². The molecule has 0 bridgehead atoms. The molecular formula is C23H31ClN2O4S2. The third-order valence-electron chi connectivity index (χ3n) is 6.17. The Morgan fingerprint density at radius 2 is 1.50 bits per heavy atom. The van der Waals surface area contributed by atoms with Gasteiger partial charge in [-0.05, 0) is 77.3 Å². The first-order chi connectivity index (χ1) is 14.8. The number of anilines is 2. The Kier molecular flexibility index (Phi) is 7.54. The molecule has 176 valence electrons. The fourth-order valence-electron chi connectivity index (χ4n) is 4.89. The molecule has 0 unspecified atom stereocenters. The fourth-order valence-corrected chi connectivity index (χ4v) is 6.13. The number of fused-ring (bicyclic) bond motifs is 2. The van der Waals surface area contributed by atoms with E-state index >= 15 is 0 Å². The van der Waals surface area contributed by atoms with Crippen LogP contribution in [0.3, 0.4) is 0 Å². The van der Waals surface area contributed by atoms with E-state index in [9.17, 15) is 0 Å². The Morgan fingerprint density at radius 1 is 0.938 bits per heavy atom. The molecule has 0 amide bonds. The molecule has 32 heavy (non-hydrogen) atoms. The third kappa shape index (κ3) is 6.18. The van der Waals surface area contributed by atoms with Crippen LogP contribution in [0.5, 0.6) is 0 Å². The molecule has 2 N–H and O–H groups in total. The van der Waals surface area contributed by atoms with Gasteiger partial charge in [0.05, 0.1) is 11.4 Å². The predicted molar refractivity (Wildman–Crippen MR) is 132 cm³/mol. The van der Waals surface area contributed by atoms with Crippen LogP contribution in [0.2, 0.25) is 5.02 Å². The number of benzene rings is 2. The molecule has 0 aromatic heterocycles. The van der Waals surface area contributed by atoms with E-state index in [0.29, 0.717) is 0 Å². The van der Waals surface area contributed by atoms with Crippen molar-refractivity contribution in [2.24, 2.45) is 0 Å². The Bertz CT molecular complexity index is 1050. The lowest BCUT2D eigenvalue weighted by molar-refractivity contribution is -0.0237. The fraction of sp³-hybridized carbons (Fsp3) is 0.478. The summed E-state index contributed by atoms with van der Waals surface area (Å²) in [5.74, 6) is 0. The lowest BCUT2D eigenvalue weighted by Crippen LogP contribution is -2.60. The van der Waals surface area contributed by atoms with Crippen molar-refractivity contribution in [3.63, 3.8) is 0 Å². The quantitative estimate of drug-likeness (QED) is 0.478. The molecule has 1 fully saturated rings. The van der Waals surface area contributed by atoms with Crippen molar-refractivity contribution in [2.45, 2.75) is 67.8 Å².